The molecule has 0 fully saturated rings. The number of nitriles is 1. The summed E-state index contributed by atoms with van der Waals surface area (Å²) in [5.41, 5.74) is 1.46. The molecular weight excluding hydrogens is 378 g/mol. The molecule has 1 nitrogen and oxygen atoms in total. The topological polar surface area (TPSA) is 23.8 Å². The van der Waals surface area contributed by atoms with E-state index in [9.17, 15) is 5.26 Å². The highest BCUT2D eigenvalue weighted by Gasteiger charge is 2.36. The van der Waals surface area contributed by atoms with Crippen molar-refractivity contribution in [2.45, 2.75) is 16.7 Å². The molecule has 0 saturated carbocycles. The van der Waals surface area contributed by atoms with Gasteiger partial charge in [0.05, 0.1) is 6.07 Å². The molecule has 20 heavy (non-hydrogen) atoms. The summed E-state index contributed by atoms with van der Waals surface area (Å²) in [5.74, 6) is 0. The lowest BCUT2D eigenvalue weighted by Gasteiger charge is -2.29. The normalized spacial score (nSPS) is 12.7. The monoisotopic (exact) mass is 391 g/mol. The second kappa shape index (κ2) is 7.06. The van der Waals surface area contributed by atoms with Gasteiger partial charge in [-0.15, -0.1) is 0 Å². The Morgan fingerprint density at radius 2 is 1.40 bits per heavy atom. The van der Waals surface area contributed by atoms with Crippen LogP contribution in [0.1, 0.15) is 17.5 Å². The van der Waals surface area contributed by atoms with Crippen LogP contribution in [0, 0.1) is 11.3 Å². The molecule has 2 aromatic rings. The van der Waals surface area contributed by atoms with Crippen LogP contribution in [0.15, 0.2) is 60.7 Å². The Balaban J connectivity index is 2.56. The van der Waals surface area contributed by atoms with Gasteiger partial charge in [0.25, 0.3) is 0 Å². The van der Waals surface area contributed by atoms with Crippen LogP contribution >= 0.6 is 31.9 Å². The zero-order valence-electron chi connectivity index (χ0n) is 11.0. The fourth-order valence-corrected chi connectivity index (χ4v) is 3.12. The first-order valence-corrected chi connectivity index (χ1v) is 8.49. The molecule has 2 aromatic carbocycles. The van der Waals surface area contributed by atoms with Gasteiger partial charge in [-0.3, -0.25) is 0 Å². The molecular formula is C17H15Br2N. The molecule has 0 aliphatic carbocycles. The molecule has 0 aliphatic heterocycles. The first-order chi connectivity index (χ1) is 9.73. The molecule has 0 amide bonds. The van der Waals surface area contributed by atoms with Crippen molar-refractivity contribution >= 4 is 31.9 Å². The maximum atomic E-state index is 9.94. The third-order valence-electron chi connectivity index (χ3n) is 3.42. The molecule has 0 bridgehead atoms. The van der Waals surface area contributed by atoms with Crippen LogP contribution in [0.4, 0.5) is 0 Å². The van der Waals surface area contributed by atoms with E-state index in [4.69, 9.17) is 0 Å². The number of nitrogens with zero attached hydrogens (tertiary/aromatic N) is 1. The van der Waals surface area contributed by atoms with Crippen molar-refractivity contribution in [3.05, 3.63) is 71.8 Å². The van der Waals surface area contributed by atoms with Gasteiger partial charge in [-0.05, 0) is 17.5 Å². The van der Waals surface area contributed by atoms with E-state index in [1.807, 2.05) is 60.7 Å². The molecule has 0 N–H and O–H groups in total. The van der Waals surface area contributed by atoms with Crippen LogP contribution in [0.2, 0.25) is 0 Å². The molecule has 0 spiro atoms. The standard InChI is InChI=1S/C17H15Br2N/c18-12-16(19)11-17(13-20,14-7-3-1-4-8-14)15-9-5-2-6-10-15/h1-10,16H,11-12H2/t16-/m1/s1. The van der Waals surface area contributed by atoms with E-state index in [0.29, 0.717) is 0 Å². The van der Waals surface area contributed by atoms with Gasteiger partial charge in [0.15, 0.2) is 0 Å². The highest BCUT2D eigenvalue weighted by atomic mass is 79.9. The summed E-state index contributed by atoms with van der Waals surface area (Å²) in [5, 5.41) is 10.8. The molecule has 102 valence electrons. The quantitative estimate of drug-likeness (QED) is 0.653. The fraction of sp³-hybridized carbons (Fsp3) is 0.235. The highest BCUT2D eigenvalue weighted by Crippen LogP contribution is 2.38. The van der Waals surface area contributed by atoms with E-state index >= 15 is 0 Å². The Hall–Kier alpha value is -1.11. The molecule has 0 saturated heterocycles. The lowest BCUT2D eigenvalue weighted by molar-refractivity contribution is 0.599. The molecule has 0 aromatic heterocycles. The fourth-order valence-electron chi connectivity index (χ4n) is 2.41. The number of alkyl halides is 2. The molecule has 0 unspecified atom stereocenters. The van der Waals surface area contributed by atoms with Crippen molar-refractivity contribution < 1.29 is 0 Å². The lowest BCUT2D eigenvalue weighted by atomic mass is 9.72. The van der Waals surface area contributed by atoms with Crippen LogP contribution < -0.4 is 0 Å². The summed E-state index contributed by atoms with van der Waals surface area (Å²) < 4.78 is 0. The minimum atomic E-state index is -0.621. The first kappa shape index (κ1) is 15.3. The predicted molar refractivity (Wildman–Crippen MR) is 90.4 cm³/mol. The maximum absolute atomic E-state index is 9.94. The average Bonchev–Trinajstić information content (AvgIpc) is 2.54. The Morgan fingerprint density at radius 3 is 1.75 bits per heavy atom. The predicted octanol–water partition coefficient (Wildman–Crippen LogP) is 5.04. The smallest absolute Gasteiger partial charge is 0.108 e. The number of rotatable bonds is 5. The molecule has 3 heteroatoms. The number of benzene rings is 2. The number of halogens is 2. The van der Waals surface area contributed by atoms with Crippen LogP contribution in [0.5, 0.6) is 0 Å². The van der Waals surface area contributed by atoms with Crippen LogP contribution in [-0.4, -0.2) is 10.2 Å². The van der Waals surface area contributed by atoms with Crippen molar-refractivity contribution in [3.63, 3.8) is 0 Å². The van der Waals surface area contributed by atoms with Gasteiger partial charge in [0.1, 0.15) is 5.41 Å². The van der Waals surface area contributed by atoms with E-state index in [0.717, 1.165) is 22.9 Å². The summed E-state index contributed by atoms with van der Waals surface area (Å²) in [6, 6.07) is 22.6. The largest absolute Gasteiger partial charge is 0.197 e. The van der Waals surface area contributed by atoms with Gasteiger partial charge in [-0.25, -0.2) is 0 Å². The van der Waals surface area contributed by atoms with Gasteiger partial charge in [0.2, 0.25) is 0 Å². The van der Waals surface area contributed by atoms with Crippen molar-refractivity contribution in [2.24, 2.45) is 0 Å². The molecule has 0 aliphatic rings. The lowest BCUT2D eigenvalue weighted by Crippen LogP contribution is -2.29. The molecule has 2 rings (SSSR count). The maximum Gasteiger partial charge on any atom is 0.108 e. The van der Waals surface area contributed by atoms with E-state index in [-0.39, 0.29) is 4.83 Å². The third kappa shape index (κ3) is 3.13. The van der Waals surface area contributed by atoms with Gasteiger partial charge in [0, 0.05) is 10.2 Å². The number of hydrogen-bond acceptors (Lipinski definition) is 1. The minimum absolute atomic E-state index is 0.238. The van der Waals surface area contributed by atoms with E-state index in [1.165, 1.54) is 0 Å². The highest BCUT2D eigenvalue weighted by molar-refractivity contribution is 9.12. The molecule has 1 atom stereocenters. The van der Waals surface area contributed by atoms with Crippen LogP contribution in [0.25, 0.3) is 0 Å². The molecule has 0 heterocycles. The van der Waals surface area contributed by atoms with E-state index in [1.54, 1.807) is 0 Å². The summed E-state index contributed by atoms with van der Waals surface area (Å²) >= 11 is 7.14. The van der Waals surface area contributed by atoms with Gasteiger partial charge < -0.3 is 0 Å². The van der Waals surface area contributed by atoms with Gasteiger partial charge in [-0.1, -0.05) is 92.5 Å². The van der Waals surface area contributed by atoms with E-state index in [2.05, 4.69) is 37.9 Å². The average molecular weight is 393 g/mol. The van der Waals surface area contributed by atoms with E-state index < -0.39 is 5.41 Å². The zero-order chi connectivity index (χ0) is 14.4. The minimum Gasteiger partial charge on any atom is -0.197 e. The second-order valence-electron chi connectivity index (χ2n) is 4.70. The van der Waals surface area contributed by atoms with Gasteiger partial charge in [-0.2, -0.15) is 5.26 Å². The SMILES string of the molecule is N#CC(C[C@@H](Br)CBr)(c1ccccc1)c1ccccc1. The molecule has 0 radical (unpaired) electrons. The Labute approximate surface area is 136 Å². The third-order valence-corrected chi connectivity index (χ3v) is 5.72. The Kier molecular flexibility index (Phi) is 5.39. The van der Waals surface area contributed by atoms with Crippen LogP contribution in [-0.2, 0) is 5.41 Å². The summed E-state index contributed by atoms with van der Waals surface area (Å²) in [6.45, 7) is 0. The zero-order valence-corrected chi connectivity index (χ0v) is 14.1. The summed E-state index contributed by atoms with van der Waals surface area (Å²) in [4.78, 5) is 0.238. The van der Waals surface area contributed by atoms with Gasteiger partial charge >= 0.3 is 0 Å². The van der Waals surface area contributed by atoms with Crippen molar-refractivity contribution in [3.8, 4) is 6.07 Å². The van der Waals surface area contributed by atoms with Crippen molar-refractivity contribution in [1.29, 1.82) is 5.26 Å². The Bertz CT molecular complexity index is 535. The Morgan fingerprint density at radius 1 is 0.950 bits per heavy atom. The summed E-state index contributed by atoms with van der Waals surface area (Å²) in [6.07, 6.45) is 0.725. The first-order valence-electron chi connectivity index (χ1n) is 6.45. The van der Waals surface area contributed by atoms with Crippen molar-refractivity contribution in [2.75, 3.05) is 5.33 Å². The number of hydrogen-bond donors (Lipinski definition) is 0. The van der Waals surface area contributed by atoms with Crippen molar-refractivity contribution in [1.82, 2.24) is 0 Å². The summed E-state index contributed by atoms with van der Waals surface area (Å²) in [7, 11) is 0. The second-order valence-corrected chi connectivity index (χ2v) is 6.65. The van der Waals surface area contributed by atoms with Crippen LogP contribution in [0.3, 0.4) is 0 Å².